The average molecular weight is 299 g/mol. The maximum Gasteiger partial charge on any atom is 0.320 e. The second-order valence-electron chi connectivity index (χ2n) is 5.41. The fourth-order valence-corrected chi connectivity index (χ4v) is 2.75. The Bertz CT molecular complexity index is 400. The zero-order valence-electron chi connectivity index (χ0n) is 13.0. The van der Waals surface area contributed by atoms with Crippen LogP contribution in [0.15, 0.2) is 0 Å². The molecular formula is C14H25N3O4. The van der Waals surface area contributed by atoms with Crippen molar-refractivity contribution < 1.29 is 19.5 Å². The largest absolute Gasteiger partial charge is 0.481 e. The predicted octanol–water partition coefficient (Wildman–Crippen LogP) is 0.750. The summed E-state index contributed by atoms with van der Waals surface area (Å²) in [6.07, 6.45) is 1.49. The summed E-state index contributed by atoms with van der Waals surface area (Å²) in [5.41, 5.74) is 0. The Kier molecular flexibility index (Phi) is 6.45. The highest BCUT2D eigenvalue weighted by molar-refractivity contribution is 5.81. The van der Waals surface area contributed by atoms with E-state index in [-0.39, 0.29) is 30.3 Å². The Morgan fingerprint density at radius 3 is 2.62 bits per heavy atom. The summed E-state index contributed by atoms with van der Waals surface area (Å²) in [4.78, 5) is 38.3. The Morgan fingerprint density at radius 1 is 1.43 bits per heavy atom. The second kappa shape index (κ2) is 7.85. The number of carbonyl (C=O) groups excluding carboxylic acids is 2. The number of hydrogen-bond acceptors (Lipinski definition) is 3. The minimum Gasteiger partial charge on any atom is -0.481 e. The number of nitrogens with zero attached hydrogens (tertiary/aromatic N) is 2. The smallest absolute Gasteiger partial charge is 0.320 e. The molecule has 0 aromatic carbocycles. The molecule has 1 aliphatic heterocycles. The zero-order valence-corrected chi connectivity index (χ0v) is 13.0. The molecular weight excluding hydrogens is 274 g/mol. The molecule has 0 aromatic heterocycles. The van der Waals surface area contributed by atoms with Crippen LogP contribution in [0, 0.1) is 5.92 Å². The van der Waals surface area contributed by atoms with E-state index < -0.39 is 5.97 Å². The lowest BCUT2D eigenvalue weighted by atomic mass is 9.97. The number of carbonyl (C=O) groups is 3. The van der Waals surface area contributed by atoms with Gasteiger partial charge in [-0.2, -0.15) is 0 Å². The van der Waals surface area contributed by atoms with Crippen LogP contribution in [-0.4, -0.2) is 65.5 Å². The third-order valence-electron chi connectivity index (χ3n) is 3.90. The van der Waals surface area contributed by atoms with Gasteiger partial charge in [0.2, 0.25) is 5.91 Å². The summed E-state index contributed by atoms with van der Waals surface area (Å²) in [6.45, 7) is 5.03. The molecule has 120 valence electrons. The van der Waals surface area contributed by atoms with Gasteiger partial charge in [0.05, 0.1) is 12.3 Å². The molecule has 1 heterocycles. The lowest BCUT2D eigenvalue weighted by Gasteiger charge is -2.37. The Morgan fingerprint density at radius 2 is 2.10 bits per heavy atom. The predicted molar refractivity (Wildman–Crippen MR) is 77.9 cm³/mol. The van der Waals surface area contributed by atoms with Crippen molar-refractivity contribution in [2.45, 2.75) is 39.2 Å². The minimum atomic E-state index is -0.921. The first-order chi connectivity index (χ1) is 9.90. The SMILES string of the molecule is CCN(C(=O)N1CCCC(C(=O)NC)C1)C(C)CC(=O)O. The molecule has 7 nitrogen and oxygen atoms in total. The lowest BCUT2D eigenvalue weighted by molar-refractivity contribution is -0.138. The molecule has 21 heavy (non-hydrogen) atoms. The van der Waals surface area contributed by atoms with Crippen LogP contribution in [0.25, 0.3) is 0 Å². The Labute approximate surface area is 125 Å². The molecule has 2 unspecified atom stereocenters. The standard InChI is InChI=1S/C14H25N3O4/c1-4-17(10(2)8-12(18)19)14(21)16-7-5-6-11(9-16)13(20)15-3/h10-11H,4-9H2,1-3H3,(H,15,20)(H,18,19). The Balaban J connectivity index is 2.70. The molecule has 1 saturated heterocycles. The first-order valence-electron chi connectivity index (χ1n) is 7.39. The maximum atomic E-state index is 12.5. The topological polar surface area (TPSA) is 90.0 Å². The van der Waals surface area contributed by atoms with Crippen molar-refractivity contribution >= 4 is 17.9 Å². The van der Waals surface area contributed by atoms with E-state index in [9.17, 15) is 14.4 Å². The van der Waals surface area contributed by atoms with E-state index in [1.54, 1.807) is 23.8 Å². The van der Waals surface area contributed by atoms with Crippen molar-refractivity contribution in [1.29, 1.82) is 0 Å². The van der Waals surface area contributed by atoms with E-state index in [1.165, 1.54) is 0 Å². The molecule has 7 heteroatoms. The second-order valence-corrected chi connectivity index (χ2v) is 5.41. The van der Waals surface area contributed by atoms with Crippen LogP contribution in [0.1, 0.15) is 33.1 Å². The number of piperidine rings is 1. The van der Waals surface area contributed by atoms with Gasteiger partial charge in [-0.1, -0.05) is 0 Å². The van der Waals surface area contributed by atoms with Crippen molar-refractivity contribution in [3.63, 3.8) is 0 Å². The van der Waals surface area contributed by atoms with Crippen LogP contribution in [0.5, 0.6) is 0 Å². The van der Waals surface area contributed by atoms with Gasteiger partial charge in [0.1, 0.15) is 0 Å². The van der Waals surface area contributed by atoms with Crippen molar-refractivity contribution in [3.8, 4) is 0 Å². The average Bonchev–Trinajstić information content (AvgIpc) is 2.46. The molecule has 1 rings (SSSR count). The number of amides is 3. The van der Waals surface area contributed by atoms with Gasteiger partial charge in [-0.3, -0.25) is 9.59 Å². The van der Waals surface area contributed by atoms with Gasteiger partial charge in [0.15, 0.2) is 0 Å². The van der Waals surface area contributed by atoms with Crippen LogP contribution < -0.4 is 5.32 Å². The maximum absolute atomic E-state index is 12.5. The van der Waals surface area contributed by atoms with Crippen LogP contribution in [0.4, 0.5) is 4.79 Å². The molecule has 0 aliphatic carbocycles. The summed E-state index contributed by atoms with van der Waals surface area (Å²) >= 11 is 0. The van der Waals surface area contributed by atoms with Gasteiger partial charge in [-0.05, 0) is 26.7 Å². The quantitative estimate of drug-likeness (QED) is 0.784. The van der Waals surface area contributed by atoms with E-state index in [0.29, 0.717) is 19.6 Å². The van der Waals surface area contributed by atoms with Crippen molar-refractivity contribution in [2.75, 3.05) is 26.7 Å². The Hall–Kier alpha value is -1.79. The van der Waals surface area contributed by atoms with Crippen molar-refractivity contribution in [3.05, 3.63) is 0 Å². The highest BCUT2D eigenvalue weighted by Crippen LogP contribution is 2.19. The fourth-order valence-electron chi connectivity index (χ4n) is 2.75. The van der Waals surface area contributed by atoms with Crippen LogP contribution in [-0.2, 0) is 9.59 Å². The molecule has 0 bridgehead atoms. The van der Waals surface area contributed by atoms with Crippen molar-refractivity contribution in [2.24, 2.45) is 5.92 Å². The third kappa shape index (κ3) is 4.61. The summed E-state index contributed by atoms with van der Waals surface area (Å²) in [5, 5.41) is 11.5. The number of urea groups is 1. The molecule has 0 aromatic rings. The van der Waals surface area contributed by atoms with E-state index in [1.807, 2.05) is 6.92 Å². The highest BCUT2D eigenvalue weighted by Gasteiger charge is 2.31. The van der Waals surface area contributed by atoms with Gasteiger partial charge < -0.3 is 20.2 Å². The van der Waals surface area contributed by atoms with Gasteiger partial charge in [0, 0.05) is 32.7 Å². The normalized spacial score (nSPS) is 19.8. The molecule has 0 radical (unpaired) electrons. The van der Waals surface area contributed by atoms with Gasteiger partial charge in [0.25, 0.3) is 0 Å². The van der Waals surface area contributed by atoms with Crippen LogP contribution >= 0.6 is 0 Å². The molecule has 0 spiro atoms. The third-order valence-corrected chi connectivity index (χ3v) is 3.90. The van der Waals surface area contributed by atoms with Crippen LogP contribution in [0.3, 0.4) is 0 Å². The summed E-state index contributed by atoms with van der Waals surface area (Å²) in [7, 11) is 1.59. The number of carboxylic acids is 1. The van der Waals surface area contributed by atoms with Crippen LogP contribution in [0.2, 0.25) is 0 Å². The number of nitrogens with one attached hydrogen (secondary N) is 1. The summed E-state index contributed by atoms with van der Waals surface area (Å²) in [6, 6.07) is -0.541. The number of likely N-dealkylation sites (tertiary alicyclic amines) is 1. The van der Waals surface area contributed by atoms with E-state index >= 15 is 0 Å². The van der Waals surface area contributed by atoms with Gasteiger partial charge >= 0.3 is 12.0 Å². The molecule has 2 atom stereocenters. The van der Waals surface area contributed by atoms with E-state index in [2.05, 4.69) is 5.32 Å². The number of aliphatic carboxylic acids is 1. The fraction of sp³-hybridized carbons (Fsp3) is 0.786. The number of hydrogen-bond donors (Lipinski definition) is 2. The molecule has 2 N–H and O–H groups in total. The lowest BCUT2D eigenvalue weighted by Crippen LogP contribution is -2.52. The zero-order chi connectivity index (χ0) is 16.0. The van der Waals surface area contributed by atoms with Gasteiger partial charge in [-0.15, -0.1) is 0 Å². The summed E-state index contributed by atoms with van der Waals surface area (Å²) < 4.78 is 0. The van der Waals surface area contributed by atoms with E-state index in [4.69, 9.17) is 5.11 Å². The minimum absolute atomic E-state index is 0.0471. The highest BCUT2D eigenvalue weighted by atomic mass is 16.4. The molecule has 3 amide bonds. The molecule has 1 fully saturated rings. The monoisotopic (exact) mass is 299 g/mol. The van der Waals surface area contributed by atoms with Gasteiger partial charge in [-0.25, -0.2) is 4.79 Å². The summed E-state index contributed by atoms with van der Waals surface area (Å²) in [5.74, 6) is -1.15. The first-order valence-corrected chi connectivity index (χ1v) is 7.39. The molecule has 0 saturated carbocycles. The first kappa shape index (κ1) is 17.3. The van der Waals surface area contributed by atoms with Crippen molar-refractivity contribution in [1.82, 2.24) is 15.1 Å². The number of carboxylic acid groups (broad SMARTS) is 1. The number of rotatable bonds is 5. The molecule has 1 aliphatic rings. The van der Waals surface area contributed by atoms with E-state index in [0.717, 1.165) is 12.8 Å².